The average Bonchev–Trinajstić information content (AvgIpc) is 3.03. The van der Waals surface area contributed by atoms with E-state index in [1.807, 2.05) is 22.6 Å². The van der Waals surface area contributed by atoms with Gasteiger partial charge in [-0.25, -0.2) is 4.98 Å². The van der Waals surface area contributed by atoms with E-state index in [0.29, 0.717) is 15.2 Å². The Labute approximate surface area is 140 Å². The van der Waals surface area contributed by atoms with Crippen LogP contribution in [0.3, 0.4) is 0 Å². The molecule has 0 aliphatic carbocycles. The molecule has 8 heteroatoms. The number of hydrogen-bond donors (Lipinski definition) is 2. The molecule has 2 amide bonds. The van der Waals surface area contributed by atoms with E-state index in [9.17, 15) is 9.59 Å². The first kappa shape index (κ1) is 16.3. The maximum Gasteiger partial charge on any atom is 0.270 e. The molecule has 0 saturated heterocycles. The van der Waals surface area contributed by atoms with Crippen molar-refractivity contribution in [3.63, 3.8) is 0 Å². The molecule has 0 radical (unpaired) electrons. The monoisotopic (exact) mass is 415 g/mol. The average molecular weight is 415 g/mol. The first-order valence-electron chi connectivity index (χ1n) is 6.38. The molecule has 116 valence electrons. The first-order valence-corrected chi connectivity index (χ1v) is 7.46. The molecule has 0 atom stereocenters. The quantitative estimate of drug-likeness (QED) is 0.549. The first-order chi connectivity index (χ1) is 10.6. The van der Waals surface area contributed by atoms with Gasteiger partial charge in [-0.15, -0.1) is 0 Å². The fourth-order valence-electron chi connectivity index (χ4n) is 1.61. The highest BCUT2D eigenvalue weighted by Crippen LogP contribution is 2.18. The number of pyridine rings is 1. The zero-order valence-electron chi connectivity index (χ0n) is 11.8. The number of nitrogens with zero attached hydrogens (tertiary/aromatic N) is 1. The predicted octanol–water partition coefficient (Wildman–Crippen LogP) is 1.33. The van der Waals surface area contributed by atoms with Crippen molar-refractivity contribution in [2.24, 2.45) is 0 Å². The number of hydrogen-bond acceptors (Lipinski definition) is 5. The number of furan rings is 1. The van der Waals surface area contributed by atoms with Crippen LogP contribution in [0, 0.1) is 3.70 Å². The van der Waals surface area contributed by atoms with Gasteiger partial charge < -0.3 is 19.8 Å². The third kappa shape index (κ3) is 4.45. The second kappa shape index (κ2) is 7.78. The fraction of sp³-hybridized carbons (Fsp3) is 0.214. The van der Waals surface area contributed by atoms with E-state index < -0.39 is 5.91 Å². The molecule has 0 aromatic carbocycles. The Hall–Kier alpha value is -2.10. The van der Waals surface area contributed by atoms with Crippen LogP contribution < -0.4 is 15.4 Å². The Kier molecular flexibility index (Phi) is 5.75. The van der Waals surface area contributed by atoms with Crippen molar-refractivity contribution in [1.82, 2.24) is 15.6 Å². The molecule has 0 aliphatic rings. The number of carbonyl (C=O) groups is 2. The van der Waals surface area contributed by atoms with Gasteiger partial charge >= 0.3 is 0 Å². The molecule has 0 aliphatic heterocycles. The Morgan fingerprint density at radius 2 is 2.14 bits per heavy atom. The van der Waals surface area contributed by atoms with Crippen LogP contribution in [0.2, 0.25) is 0 Å². The van der Waals surface area contributed by atoms with Crippen LogP contribution in [0.25, 0.3) is 0 Å². The maximum absolute atomic E-state index is 11.9. The predicted molar refractivity (Wildman–Crippen MR) is 86.4 cm³/mol. The minimum absolute atomic E-state index is 0.135. The lowest BCUT2D eigenvalue weighted by Crippen LogP contribution is -2.36. The molecule has 7 nitrogen and oxygen atoms in total. The second-order valence-corrected chi connectivity index (χ2v) is 5.25. The van der Waals surface area contributed by atoms with Crippen molar-refractivity contribution < 1.29 is 18.7 Å². The normalized spacial score (nSPS) is 10.1. The number of ether oxygens (including phenoxy) is 1. The summed E-state index contributed by atoms with van der Waals surface area (Å²) in [5.74, 6) is 0.501. The lowest BCUT2D eigenvalue weighted by Gasteiger charge is -2.07. The molecular formula is C14H14IN3O4. The van der Waals surface area contributed by atoms with E-state index in [1.54, 1.807) is 18.2 Å². The topological polar surface area (TPSA) is 93.5 Å². The van der Waals surface area contributed by atoms with Crippen LogP contribution in [0.4, 0.5) is 0 Å². The summed E-state index contributed by atoms with van der Waals surface area (Å²) in [7, 11) is 1.53. The largest absolute Gasteiger partial charge is 0.494 e. The van der Waals surface area contributed by atoms with Crippen molar-refractivity contribution in [1.29, 1.82) is 0 Å². The van der Waals surface area contributed by atoms with Gasteiger partial charge in [0.1, 0.15) is 15.2 Å². The summed E-state index contributed by atoms with van der Waals surface area (Å²) >= 11 is 1.97. The summed E-state index contributed by atoms with van der Waals surface area (Å²) in [6.07, 6.45) is 1.53. The van der Waals surface area contributed by atoms with Gasteiger partial charge in [-0.3, -0.25) is 9.59 Å². The molecule has 0 spiro atoms. The smallest absolute Gasteiger partial charge is 0.270 e. The Balaban J connectivity index is 1.81. The molecule has 2 rings (SSSR count). The van der Waals surface area contributed by atoms with Gasteiger partial charge in [0.25, 0.3) is 5.91 Å². The van der Waals surface area contributed by atoms with Gasteiger partial charge in [0.15, 0.2) is 5.75 Å². The summed E-state index contributed by atoms with van der Waals surface area (Å²) in [6, 6.07) is 6.68. The van der Waals surface area contributed by atoms with Gasteiger partial charge in [0.2, 0.25) is 5.91 Å². The molecule has 22 heavy (non-hydrogen) atoms. The van der Waals surface area contributed by atoms with Gasteiger partial charge in [0, 0.05) is 0 Å². The van der Waals surface area contributed by atoms with E-state index in [2.05, 4.69) is 15.6 Å². The van der Waals surface area contributed by atoms with Crippen LogP contribution in [-0.2, 0) is 11.3 Å². The number of carbonyl (C=O) groups excluding carboxylic acids is 2. The van der Waals surface area contributed by atoms with Gasteiger partial charge in [-0.2, -0.15) is 0 Å². The lowest BCUT2D eigenvalue weighted by molar-refractivity contribution is -0.120. The molecule has 0 fully saturated rings. The number of rotatable bonds is 6. The number of aromatic nitrogens is 1. The number of methoxy groups -OCH3 is 1. The lowest BCUT2D eigenvalue weighted by atomic mass is 10.3. The molecule has 0 saturated carbocycles. The van der Waals surface area contributed by atoms with E-state index >= 15 is 0 Å². The van der Waals surface area contributed by atoms with Crippen LogP contribution in [-0.4, -0.2) is 30.5 Å². The van der Waals surface area contributed by atoms with Crippen molar-refractivity contribution in [3.05, 3.63) is 45.7 Å². The highest BCUT2D eigenvalue weighted by Gasteiger charge is 2.12. The summed E-state index contributed by atoms with van der Waals surface area (Å²) < 4.78 is 10.7. The van der Waals surface area contributed by atoms with E-state index in [4.69, 9.17) is 9.15 Å². The Bertz CT molecular complexity index is 658. The number of halogens is 1. The highest BCUT2D eigenvalue weighted by atomic mass is 127. The minimum atomic E-state index is -0.422. The number of amides is 2. The van der Waals surface area contributed by atoms with Gasteiger partial charge in [0.05, 0.1) is 26.5 Å². The van der Waals surface area contributed by atoms with Crippen LogP contribution in [0.1, 0.15) is 16.2 Å². The number of nitrogens with one attached hydrogen (secondary N) is 2. The van der Waals surface area contributed by atoms with E-state index in [0.717, 1.165) is 0 Å². The van der Waals surface area contributed by atoms with E-state index in [1.165, 1.54) is 19.4 Å². The van der Waals surface area contributed by atoms with Crippen LogP contribution in [0.5, 0.6) is 5.75 Å². The third-order valence-corrected chi connectivity index (χ3v) is 3.49. The van der Waals surface area contributed by atoms with Crippen LogP contribution in [0.15, 0.2) is 34.9 Å². The summed E-state index contributed by atoms with van der Waals surface area (Å²) in [5.41, 5.74) is 0.226. The molecule has 2 N–H and O–H groups in total. The highest BCUT2D eigenvalue weighted by molar-refractivity contribution is 14.1. The minimum Gasteiger partial charge on any atom is -0.494 e. The standard InChI is InChI=1S/C14H14IN3O4/c1-21-11-5-4-10(18-13(11)15)14(20)17-8-12(19)16-7-9-3-2-6-22-9/h2-6H,7-8H2,1H3,(H,16,19)(H,17,20). The molecule has 0 unspecified atom stereocenters. The fourth-order valence-corrected chi connectivity index (χ4v) is 2.27. The van der Waals surface area contributed by atoms with E-state index in [-0.39, 0.29) is 24.7 Å². The zero-order chi connectivity index (χ0) is 15.9. The Morgan fingerprint density at radius 1 is 1.32 bits per heavy atom. The molecule has 2 heterocycles. The molecular weight excluding hydrogens is 401 g/mol. The summed E-state index contributed by atoms with van der Waals surface area (Å²) in [6.45, 7) is 0.143. The van der Waals surface area contributed by atoms with Crippen molar-refractivity contribution >= 4 is 34.4 Å². The SMILES string of the molecule is COc1ccc(C(=O)NCC(=O)NCc2ccco2)nc1I. The van der Waals surface area contributed by atoms with Gasteiger partial charge in [-0.1, -0.05) is 0 Å². The molecule has 2 aromatic heterocycles. The van der Waals surface area contributed by atoms with Gasteiger partial charge in [-0.05, 0) is 46.9 Å². The zero-order valence-corrected chi connectivity index (χ0v) is 13.9. The van der Waals surface area contributed by atoms with Crippen molar-refractivity contribution in [2.75, 3.05) is 13.7 Å². The van der Waals surface area contributed by atoms with Crippen molar-refractivity contribution in [3.8, 4) is 5.75 Å². The second-order valence-electron chi connectivity index (χ2n) is 4.23. The Morgan fingerprint density at radius 3 is 2.77 bits per heavy atom. The maximum atomic E-state index is 11.9. The molecule has 2 aromatic rings. The third-order valence-electron chi connectivity index (χ3n) is 2.72. The summed E-state index contributed by atoms with van der Waals surface area (Å²) in [4.78, 5) is 27.7. The van der Waals surface area contributed by atoms with Crippen molar-refractivity contribution in [2.45, 2.75) is 6.54 Å². The summed E-state index contributed by atoms with van der Waals surface area (Å²) in [5, 5.41) is 5.14. The molecule has 0 bridgehead atoms. The van der Waals surface area contributed by atoms with Crippen LogP contribution >= 0.6 is 22.6 Å².